The summed E-state index contributed by atoms with van der Waals surface area (Å²) in [6.45, 7) is 1.20. The van der Waals surface area contributed by atoms with Crippen LogP contribution in [0.3, 0.4) is 0 Å². The van der Waals surface area contributed by atoms with Crippen molar-refractivity contribution >= 4 is 23.4 Å². The van der Waals surface area contributed by atoms with Crippen molar-refractivity contribution in [1.82, 2.24) is 20.1 Å². The molecule has 1 heterocycles. The fraction of sp³-hybridized carbons (Fsp3) is 0.423. The highest BCUT2D eigenvalue weighted by Gasteiger charge is 2.23. The Labute approximate surface area is 205 Å². The monoisotopic (exact) mass is 479 g/mol. The number of anilines is 1. The molecule has 3 aromatic rings. The van der Waals surface area contributed by atoms with Crippen molar-refractivity contribution in [2.45, 2.75) is 56.3 Å². The summed E-state index contributed by atoms with van der Waals surface area (Å²) in [6, 6.07) is 18.5. The molecule has 1 fully saturated rings. The fourth-order valence-electron chi connectivity index (χ4n) is 4.32. The summed E-state index contributed by atoms with van der Waals surface area (Å²) >= 11 is 1.47. The van der Waals surface area contributed by atoms with Crippen molar-refractivity contribution in [3.8, 4) is 5.75 Å². The van der Waals surface area contributed by atoms with Crippen LogP contribution in [-0.4, -0.2) is 40.1 Å². The van der Waals surface area contributed by atoms with Crippen LogP contribution in [0.2, 0.25) is 0 Å². The molecule has 0 saturated heterocycles. The van der Waals surface area contributed by atoms with E-state index in [1.807, 2.05) is 42.5 Å². The Morgan fingerprint density at radius 1 is 1.09 bits per heavy atom. The third-order valence-electron chi connectivity index (χ3n) is 6.11. The number of nitrogens with zero attached hydrogens (tertiary/aromatic N) is 3. The van der Waals surface area contributed by atoms with E-state index in [0.717, 1.165) is 41.7 Å². The van der Waals surface area contributed by atoms with E-state index >= 15 is 0 Å². The minimum absolute atomic E-state index is 0.0233. The van der Waals surface area contributed by atoms with Crippen LogP contribution in [0.5, 0.6) is 5.75 Å². The molecule has 0 spiro atoms. The van der Waals surface area contributed by atoms with Gasteiger partial charge >= 0.3 is 0 Å². The quantitative estimate of drug-likeness (QED) is 0.383. The van der Waals surface area contributed by atoms with Crippen molar-refractivity contribution < 1.29 is 9.53 Å². The molecule has 2 aromatic carbocycles. The summed E-state index contributed by atoms with van der Waals surface area (Å²) in [7, 11) is 1.67. The molecule has 8 heteroatoms. The Balaban J connectivity index is 1.36. The molecular formula is C26H33N5O2S. The maximum Gasteiger partial charge on any atom is 0.230 e. The average Bonchev–Trinajstić information content (AvgIpc) is 3.30. The lowest BCUT2D eigenvalue weighted by atomic mass is 9.95. The lowest BCUT2D eigenvalue weighted by Crippen LogP contribution is -2.27. The summed E-state index contributed by atoms with van der Waals surface area (Å²) in [4.78, 5) is 12.5. The number of aromatic nitrogens is 3. The molecule has 0 bridgehead atoms. The molecule has 1 aliphatic carbocycles. The summed E-state index contributed by atoms with van der Waals surface area (Å²) < 4.78 is 7.58. The van der Waals surface area contributed by atoms with Crippen molar-refractivity contribution in [3.63, 3.8) is 0 Å². The van der Waals surface area contributed by atoms with E-state index in [1.54, 1.807) is 7.11 Å². The smallest absolute Gasteiger partial charge is 0.230 e. The van der Waals surface area contributed by atoms with Gasteiger partial charge in [-0.25, -0.2) is 0 Å². The van der Waals surface area contributed by atoms with Crippen LogP contribution in [-0.2, 0) is 17.8 Å². The number of carbonyl (C=O) groups excluding carboxylic acids is 1. The van der Waals surface area contributed by atoms with Gasteiger partial charge in [-0.3, -0.25) is 4.79 Å². The number of thioether (sulfide) groups is 1. The first-order chi connectivity index (χ1) is 16.7. The number of benzene rings is 2. The molecule has 0 aliphatic heterocycles. The van der Waals surface area contributed by atoms with Crippen molar-refractivity contribution in [2.24, 2.45) is 0 Å². The molecule has 1 saturated carbocycles. The third-order valence-corrected chi connectivity index (χ3v) is 7.05. The number of carbonyl (C=O) groups is 1. The van der Waals surface area contributed by atoms with E-state index in [9.17, 15) is 4.79 Å². The molecule has 0 atom stereocenters. The molecule has 7 nitrogen and oxygen atoms in total. The Kier molecular flexibility index (Phi) is 8.84. The molecular weight excluding hydrogens is 446 g/mol. The average molecular weight is 480 g/mol. The Bertz CT molecular complexity index is 1050. The molecule has 2 N–H and O–H groups in total. The Morgan fingerprint density at radius 2 is 1.91 bits per heavy atom. The van der Waals surface area contributed by atoms with Gasteiger partial charge in [0.05, 0.1) is 19.4 Å². The fourth-order valence-corrected chi connectivity index (χ4v) is 5.17. The number of hydrogen-bond acceptors (Lipinski definition) is 6. The number of methoxy groups -OCH3 is 1. The van der Waals surface area contributed by atoms with Gasteiger partial charge in [0.15, 0.2) is 11.0 Å². The van der Waals surface area contributed by atoms with Gasteiger partial charge in [0.1, 0.15) is 5.75 Å². The minimum atomic E-state index is 0.0233. The summed E-state index contributed by atoms with van der Waals surface area (Å²) in [5.74, 6) is 2.08. The molecule has 1 aliphatic rings. The van der Waals surface area contributed by atoms with E-state index in [-0.39, 0.29) is 5.91 Å². The zero-order valence-electron chi connectivity index (χ0n) is 19.7. The highest BCUT2D eigenvalue weighted by Crippen LogP contribution is 2.33. The van der Waals surface area contributed by atoms with E-state index in [0.29, 0.717) is 24.9 Å². The molecule has 0 radical (unpaired) electrons. The Hall–Kier alpha value is -3.00. The zero-order valence-corrected chi connectivity index (χ0v) is 20.5. The van der Waals surface area contributed by atoms with Gasteiger partial charge < -0.3 is 19.9 Å². The molecule has 0 unspecified atom stereocenters. The highest BCUT2D eigenvalue weighted by atomic mass is 32.2. The Morgan fingerprint density at radius 3 is 2.71 bits per heavy atom. The third kappa shape index (κ3) is 6.76. The lowest BCUT2D eigenvalue weighted by molar-refractivity contribution is -0.118. The number of ether oxygens (including phenoxy) is 1. The SMILES string of the molecule is COc1cccc(NCc2nnc(SCC(=O)NCCc3ccccc3)n2C2CCCCC2)c1. The van der Waals surface area contributed by atoms with Crippen LogP contribution < -0.4 is 15.4 Å². The van der Waals surface area contributed by atoms with Crippen molar-refractivity contribution in [3.05, 3.63) is 66.0 Å². The predicted octanol–water partition coefficient (Wildman–Crippen LogP) is 4.86. The van der Waals surface area contributed by atoms with Crippen molar-refractivity contribution in [1.29, 1.82) is 0 Å². The standard InChI is InChI=1S/C26H33N5O2S/c1-33-23-14-8-11-21(17-23)28-18-24-29-30-26(31(24)22-12-6-3-7-13-22)34-19-25(32)27-16-15-20-9-4-2-5-10-20/h2,4-5,8-11,14,17,22,28H,3,6-7,12-13,15-16,18-19H2,1H3,(H,27,32). The largest absolute Gasteiger partial charge is 0.497 e. The number of amides is 1. The first-order valence-corrected chi connectivity index (χ1v) is 13.0. The van der Waals surface area contributed by atoms with Crippen LogP contribution in [0.1, 0.15) is 49.5 Å². The maximum absolute atomic E-state index is 12.5. The minimum Gasteiger partial charge on any atom is -0.497 e. The number of rotatable bonds is 11. The molecule has 4 rings (SSSR count). The summed E-state index contributed by atoms with van der Waals surface area (Å²) in [5, 5.41) is 16.3. The van der Waals surface area contributed by atoms with Gasteiger partial charge in [0, 0.05) is 24.3 Å². The van der Waals surface area contributed by atoms with Gasteiger partial charge in [-0.05, 0) is 37.0 Å². The molecule has 34 heavy (non-hydrogen) atoms. The van der Waals surface area contributed by atoms with E-state index < -0.39 is 0 Å². The summed E-state index contributed by atoms with van der Waals surface area (Å²) in [5.41, 5.74) is 2.20. The predicted molar refractivity (Wildman–Crippen MR) is 136 cm³/mol. The van der Waals surface area contributed by atoms with E-state index in [2.05, 4.69) is 37.5 Å². The van der Waals surface area contributed by atoms with Crippen LogP contribution in [0.15, 0.2) is 59.8 Å². The van der Waals surface area contributed by atoms with Crippen LogP contribution in [0.4, 0.5) is 5.69 Å². The van der Waals surface area contributed by atoms with E-state index in [1.165, 1.54) is 36.6 Å². The van der Waals surface area contributed by atoms with Gasteiger partial charge in [-0.15, -0.1) is 10.2 Å². The maximum atomic E-state index is 12.5. The van der Waals surface area contributed by atoms with Crippen molar-refractivity contribution in [2.75, 3.05) is 24.7 Å². The lowest BCUT2D eigenvalue weighted by Gasteiger charge is -2.25. The number of nitrogens with one attached hydrogen (secondary N) is 2. The highest BCUT2D eigenvalue weighted by molar-refractivity contribution is 7.99. The van der Waals surface area contributed by atoms with Gasteiger partial charge in [-0.1, -0.05) is 67.4 Å². The second-order valence-corrected chi connectivity index (χ2v) is 9.46. The zero-order chi connectivity index (χ0) is 23.6. The summed E-state index contributed by atoms with van der Waals surface area (Å²) in [6.07, 6.45) is 6.80. The second-order valence-electron chi connectivity index (χ2n) is 8.52. The first-order valence-electron chi connectivity index (χ1n) is 12.0. The molecule has 1 amide bonds. The molecule has 180 valence electrons. The van der Waals surface area contributed by atoms with Gasteiger partial charge in [0.2, 0.25) is 5.91 Å². The number of hydrogen-bond donors (Lipinski definition) is 2. The van der Waals surface area contributed by atoms with Crippen LogP contribution in [0.25, 0.3) is 0 Å². The molecule has 1 aromatic heterocycles. The van der Waals surface area contributed by atoms with Crippen LogP contribution >= 0.6 is 11.8 Å². The van der Waals surface area contributed by atoms with Gasteiger partial charge in [0.25, 0.3) is 0 Å². The van der Waals surface area contributed by atoms with Gasteiger partial charge in [-0.2, -0.15) is 0 Å². The normalized spacial score (nSPS) is 14.0. The van der Waals surface area contributed by atoms with Crippen LogP contribution in [0, 0.1) is 0 Å². The second kappa shape index (κ2) is 12.5. The topological polar surface area (TPSA) is 81.1 Å². The van der Waals surface area contributed by atoms with E-state index in [4.69, 9.17) is 4.74 Å². The first kappa shape index (κ1) is 24.1.